The largest absolute Gasteiger partial charge is 0.121 e. The highest BCUT2D eigenvalue weighted by Gasteiger charge is 2.36. The summed E-state index contributed by atoms with van der Waals surface area (Å²) in [7, 11) is 0. The Morgan fingerprint density at radius 3 is 3.15 bits per heavy atom. The van der Waals surface area contributed by atoms with Crippen LogP contribution in [0.5, 0.6) is 0 Å². The molecule has 0 nitrogen and oxygen atoms in total. The van der Waals surface area contributed by atoms with Gasteiger partial charge in [0.25, 0.3) is 0 Å². The van der Waals surface area contributed by atoms with E-state index in [-0.39, 0.29) is 0 Å². The predicted octanol–water partition coefficient (Wildman–Crippen LogP) is 3.85. The molecule has 0 aromatic carbocycles. The molecule has 2 atom stereocenters. The third-order valence-corrected chi connectivity index (χ3v) is 3.34. The van der Waals surface area contributed by atoms with E-state index in [0.29, 0.717) is 11.3 Å². The van der Waals surface area contributed by atoms with Crippen LogP contribution < -0.4 is 0 Å². The van der Waals surface area contributed by atoms with Gasteiger partial charge < -0.3 is 0 Å². The summed E-state index contributed by atoms with van der Waals surface area (Å²) >= 11 is 0. The second-order valence-electron chi connectivity index (χ2n) is 4.77. The Morgan fingerprint density at radius 2 is 2.46 bits per heavy atom. The van der Waals surface area contributed by atoms with Gasteiger partial charge in [0.05, 0.1) is 0 Å². The average Bonchev–Trinajstić information content (AvgIpc) is 2.40. The van der Waals surface area contributed by atoms with Crippen molar-refractivity contribution >= 4 is 0 Å². The van der Waals surface area contributed by atoms with Gasteiger partial charge in [0.15, 0.2) is 0 Å². The fourth-order valence-corrected chi connectivity index (χ4v) is 2.80. The first-order chi connectivity index (χ1) is 6.23. The highest BCUT2D eigenvalue weighted by Crippen LogP contribution is 2.48. The van der Waals surface area contributed by atoms with Crippen molar-refractivity contribution in [2.45, 2.75) is 39.5 Å². The lowest BCUT2D eigenvalue weighted by molar-refractivity contribution is 0.301. The van der Waals surface area contributed by atoms with Gasteiger partial charge in [0, 0.05) is 5.92 Å². The smallest absolute Gasteiger partial charge is 0.00616 e. The Balaban J connectivity index is 2.17. The Hall–Kier alpha value is -0.740. The van der Waals surface area contributed by atoms with Crippen LogP contribution in [0.25, 0.3) is 0 Å². The fourth-order valence-electron chi connectivity index (χ4n) is 2.80. The summed E-state index contributed by atoms with van der Waals surface area (Å²) in [6.45, 7) is 4.71. The molecular weight excluding hydrogens is 156 g/mol. The SMILES string of the molecule is CCCC1(C)CC2=C=CC=CC2C1. The van der Waals surface area contributed by atoms with Crippen molar-refractivity contribution in [3.05, 3.63) is 29.5 Å². The minimum Gasteiger partial charge on any atom is -0.121 e. The summed E-state index contributed by atoms with van der Waals surface area (Å²) in [6.07, 6.45) is 11.8. The van der Waals surface area contributed by atoms with Gasteiger partial charge in [0.2, 0.25) is 0 Å². The number of hydrogen-bond acceptors (Lipinski definition) is 0. The van der Waals surface area contributed by atoms with E-state index in [1.165, 1.54) is 25.7 Å². The molecule has 1 fully saturated rings. The van der Waals surface area contributed by atoms with Gasteiger partial charge in [-0.15, -0.1) is 5.73 Å². The van der Waals surface area contributed by atoms with Crippen molar-refractivity contribution in [1.29, 1.82) is 0 Å². The predicted molar refractivity (Wildman–Crippen MR) is 56.5 cm³/mol. The van der Waals surface area contributed by atoms with Gasteiger partial charge in [0.1, 0.15) is 0 Å². The van der Waals surface area contributed by atoms with Crippen LogP contribution in [0.4, 0.5) is 0 Å². The van der Waals surface area contributed by atoms with Crippen molar-refractivity contribution in [1.82, 2.24) is 0 Å². The number of fused-ring (bicyclic) bond motifs is 1. The molecule has 1 saturated carbocycles. The van der Waals surface area contributed by atoms with Crippen LogP contribution in [0.3, 0.4) is 0 Å². The van der Waals surface area contributed by atoms with Gasteiger partial charge in [-0.25, -0.2) is 0 Å². The van der Waals surface area contributed by atoms with E-state index in [4.69, 9.17) is 0 Å². The summed E-state index contributed by atoms with van der Waals surface area (Å²) in [5, 5.41) is 0. The molecule has 0 radical (unpaired) electrons. The Labute approximate surface area is 81.0 Å². The number of hydrogen-bond donors (Lipinski definition) is 0. The number of allylic oxidation sites excluding steroid dienone is 3. The standard InChI is InChI=1S/C13H18/c1-3-8-13(2)9-11-6-4-5-7-12(11)10-13/h4-6,11H,3,8-10H2,1-2H3. The molecule has 0 aliphatic heterocycles. The minimum atomic E-state index is 0.560. The molecule has 0 bridgehead atoms. The number of rotatable bonds is 2. The Kier molecular flexibility index (Phi) is 2.17. The molecule has 0 heterocycles. The first kappa shape index (κ1) is 8.84. The Bertz CT molecular complexity index is 289. The molecule has 2 rings (SSSR count). The first-order valence-corrected chi connectivity index (χ1v) is 5.36. The molecule has 0 aromatic rings. The third kappa shape index (κ3) is 1.64. The van der Waals surface area contributed by atoms with Crippen molar-refractivity contribution in [2.24, 2.45) is 11.3 Å². The lowest BCUT2D eigenvalue weighted by atomic mass is 9.83. The van der Waals surface area contributed by atoms with E-state index in [2.05, 4.69) is 37.8 Å². The molecule has 2 aliphatic rings. The Morgan fingerprint density at radius 1 is 1.62 bits per heavy atom. The van der Waals surface area contributed by atoms with Gasteiger partial charge in [-0.2, -0.15) is 0 Å². The van der Waals surface area contributed by atoms with Gasteiger partial charge in [-0.1, -0.05) is 32.4 Å². The van der Waals surface area contributed by atoms with Gasteiger partial charge in [-0.3, -0.25) is 0 Å². The lowest BCUT2D eigenvalue weighted by Gasteiger charge is -2.22. The van der Waals surface area contributed by atoms with E-state index in [1.54, 1.807) is 5.57 Å². The van der Waals surface area contributed by atoms with Crippen LogP contribution in [0.2, 0.25) is 0 Å². The molecule has 2 aliphatic carbocycles. The van der Waals surface area contributed by atoms with Crippen LogP contribution in [0, 0.1) is 11.3 Å². The molecule has 13 heavy (non-hydrogen) atoms. The summed E-state index contributed by atoms with van der Waals surface area (Å²) < 4.78 is 0. The molecule has 0 amide bonds. The van der Waals surface area contributed by atoms with Crippen LogP contribution in [0.1, 0.15) is 39.5 Å². The van der Waals surface area contributed by atoms with Gasteiger partial charge in [-0.05, 0) is 36.3 Å². The quantitative estimate of drug-likeness (QED) is 0.558. The van der Waals surface area contributed by atoms with Crippen molar-refractivity contribution in [2.75, 3.05) is 0 Å². The minimum absolute atomic E-state index is 0.560. The van der Waals surface area contributed by atoms with E-state index in [1.807, 2.05) is 0 Å². The van der Waals surface area contributed by atoms with E-state index < -0.39 is 0 Å². The van der Waals surface area contributed by atoms with Crippen LogP contribution in [0.15, 0.2) is 29.5 Å². The third-order valence-electron chi connectivity index (χ3n) is 3.34. The topological polar surface area (TPSA) is 0 Å². The first-order valence-electron chi connectivity index (χ1n) is 5.36. The van der Waals surface area contributed by atoms with Crippen LogP contribution in [-0.2, 0) is 0 Å². The molecular formula is C13H18. The van der Waals surface area contributed by atoms with E-state index in [9.17, 15) is 0 Å². The van der Waals surface area contributed by atoms with Gasteiger partial charge >= 0.3 is 0 Å². The monoisotopic (exact) mass is 174 g/mol. The average molecular weight is 174 g/mol. The maximum absolute atomic E-state index is 3.40. The molecule has 0 N–H and O–H groups in total. The molecule has 0 aromatic heterocycles. The molecule has 0 spiro atoms. The van der Waals surface area contributed by atoms with Crippen LogP contribution >= 0.6 is 0 Å². The zero-order valence-corrected chi connectivity index (χ0v) is 8.64. The lowest BCUT2D eigenvalue weighted by Crippen LogP contribution is -2.10. The second kappa shape index (κ2) is 3.20. The zero-order valence-electron chi connectivity index (χ0n) is 8.64. The summed E-state index contributed by atoms with van der Waals surface area (Å²) in [4.78, 5) is 0. The van der Waals surface area contributed by atoms with Crippen molar-refractivity contribution < 1.29 is 0 Å². The van der Waals surface area contributed by atoms with E-state index in [0.717, 1.165) is 0 Å². The van der Waals surface area contributed by atoms with Crippen LogP contribution in [-0.4, -0.2) is 0 Å². The zero-order chi connectivity index (χ0) is 9.31. The van der Waals surface area contributed by atoms with E-state index >= 15 is 0 Å². The normalized spacial score (nSPS) is 36.2. The maximum atomic E-state index is 3.40. The summed E-state index contributed by atoms with van der Waals surface area (Å²) in [5.74, 6) is 0.710. The van der Waals surface area contributed by atoms with Crippen molar-refractivity contribution in [3.63, 3.8) is 0 Å². The summed E-state index contributed by atoms with van der Waals surface area (Å²) in [5.41, 5.74) is 5.50. The highest BCUT2D eigenvalue weighted by atomic mass is 14.4. The molecule has 2 unspecified atom stereocenters. The fraction of sp³-hybridized carbons (Fsp3) is 0.615. The molecule has 0 saturated heterocycles. The molecule has 70 valence electrons. The molecule has 0 heteroatoms. The van der Waals surface area contributed by atoms with Crippen molar-refractivity contribution in [3.8, 4) is 0 Å². The highest BCUT2D eigenvalue weighted by molar-refractivity contribution is 5.27. The second-order valence-corrected chi connectivity index (χ2v) is 4.77. The summed E-state index contributed by atoms with van der Waals surface area (Å²) in [6, 6.07) is 0. The maximum Gasteiger partial charge on any atom is 0.00616 e.